The number of alkyl halides is 1. The lowest BCUT2D eigenvalue weighted by molar-refractivity contribution is 0.603. The molecule has 0 unspecified atom stereocenters. The molecule has 0 atom stereocenters. The maximum atomic E-state index is 12.9. The van der Waals surface area contributed by atoms with Crippen LogP contribution in [0, 0.1) is 11.3 Å². The zero-order chi connectivity index (χ0) is 11.9. The van der Waals surface area contributed by atoms with E-state index in [1.165, 1.54) is 0 Å². The Morgan fingerprint density at radius 1 is 1.50 bits per heavy atom. The summed E-state index contributed by atoms with van der Waals surface area (Å²) in [5, 5.41) is 9.19. The van der Waals surface area contributed by atoms with Crippen LogP contribution in [0.1, 0.15) is 30.0 Å². The average molecular weight is 302 g/mol. The van der Waals surface area contributed by atoms with Crippen LogP contribution >= 0.6 is 41.4 Å². The van der Waals surface area contributed by atoms with E-state index >= 15 is 0 Å². The second-order valence-electron chi connectivity index (χ2n) is 3.63. The quantitative estimate of drug-likeness (QED) is 0.854. The van der Waals surface area contributed by atoms with Crippen molar-refractivity contribution in [3.63, 3.8) is 0 Å². The summed E-state index contributed by atoms with van der Waals surface area (Å²) in [4.78, 5) is 3.28. The van der Waals surface area contributed by atoms with Gasteiger partial charge in [0.2, 0.25) is 0 Å². The number of nitrogens with one attached hydrogen (secondary N) is 1. The molecule has 0 amide bonds. The molecule has 2 nitrogen and oxygen atoms in total. The lowest BCUT2D eigenvalue weighted by Gasteiger charge is -2.21. The molecule has 1 saturated carbocycles. The number of nitrogens with zero attached hydrogens (tertiary/aromatic N) is 1. The predicted molar refractivity (Wildman–Crippen MR) is 66.0 cm³/mol. The Morgan fingerprint density at radius 3 is 2.56 bits per heavy atom. The van der Waals surface area contributed by atoms with Crippen molar-refractivity contribution < 1.29 is 4.39 Å². The Labute approximate surface area is 108 Å². The highest BCUT2D eigenvalue weighted by Gasteiger charge is 2.37. The van der Waals surface area contributed by atoms with E-state index in [0.717, 1.165) is 18.5 Å². The molecule has 16 heavy (non-hydrogen) atoms. The maximum Gasteiger partial charge on any atom is 0.148 e. The van der Waals surface area contributed by atoms with E-state index in [4.69, 9.17) is 38.2 Å². The number of rotatable bonds is 3. The van der Waals surface area contributed by atoms with Gasteiger partial charge < -0.3 is 4.98 Å². The number of aromatic nitrogens is 1. The molecule has 88 valence electrons. The minimum absolute atomic E-state index is 0.182. The third-order valence-electron chi connectivity index (χ3n) is 2.47. The van der Waals surface area contributed by atoms with Crippen LogP contribution in [0.3, 0.4) is 0 Å². The van der Waals surface area contributed by atoms with Gasteiger partial charge in [0.25, 0.3) is 0 Å². The van der Waals surface area contributed by atoms with Gasteiger partial charge in [0, 0.05) is 11.6 Å². The first kappa shape index (κ1) is 12.4. The number of nitriles is 1. The fraction of sp³-hybridized carbons (Fsp3) is 0.444. The molecule has 0 aromatic carbocycles. The molecule has 1 fully saturated rings. The van der Waals surface area contributed by atoms with Crippen LogP contribution in [0.15, 0.2) is 4.90 Å². The Balaban J connectivity index is 2.60. The van der Waals surface area contributed by atoms with Gasteiger partial charge in [-0.3, -0.25) is 0 Å². The minimum atomic E-state index is -2.62. The molecule has 1 aliphatic carbocycles. The highest BCUT2D eigenvalue weighted by molar-refractivity contribution is 8.65. The van der Waals surface area contributed by atoms with E-state index in [0.29, 0.717) is 4.90 Å². The monoisotopic (exact) mass is 300 g/mol. The summed E-state index contributed by atoms with van der Waals surface area (Å²) in [5.41, 5.74) is 0.917. The van der Waals surface area contributed by atoms with Crippen LogP contribution < -0.4 is 0 Å². The fourth-order valence-electron chi connectivity index (χ4n) is 1.60. The van der Waals surface area contributed by atoms with Gasteiger partial charge in [-0.05, 0) is 42.7 Å². The molecule has 7 heteroatoms. The van der Waals surface area contributed by atoms with E-state index < -0.39 is 14.5 Å². The Hall–Kier alpha value is -0.0800. The van der Waals surface area contributed by atoms with Crippen molar-refractivity contribution in [3.05, 3.63) is 16.4 Å². The minimum Gasteiger partial charge on any atom is -0.347 e. The molecular weight excluding hydrogens is 294 g/mol. The van der Waals surface area contributed by atoms with Gasteiger partial charge in [0.1, 0.15) is 22.8 Å². The number of H-pyrrole nitrogens is 1. The van der Waals surface area contributed by atoms with Gasteiger partial charge in [-0.25, -0.2) is 4.39 Å². The Bertz CT molecular complexity index is 462. The molecule has 1 N–H and O–H groups in total. The average Bonchev–Trinajstić information content (AvgIpc) is 3.02. The van der Waals surface area contributed by atoms with Crippen molar-refractivity contribution in [3.8, 4) is 6.07 Å². The molecule has 1 heterocycles. The number of hydrogen-bond acceptors (Lipinski definition) is 1. The SMILES string of the molecule is N#Cc1c(Cl)[nH]c(C2CC2)c1S(Cl)(Cl)CF. The molecule has 1 aliphatic rings. The van der Waals surface area contributed by atoms with Crippen molar-refractivity contribution in [2.75, 3.05) is 6.01 Å². The predicted octanol–water partition coefficient (Wildman–Crippen LogP) is 4.82. The fourth-order valence-corrected chi connectivity index (χ4v) is 3.95. The van der Waals surface area contributed by atoms with Crippen molar-refractivity contribution in [1.82, 2.24) is 4.98 Å². The van der Waals surface area contributed by atoms with Crippen molar-refractivity contribution in [2.24, 2.45) is 0 Å². The first-order valence-corrected chi connectivity index (χ1v) is 8.42. The van der Waals surface area contributed by atoms with Gasteiger partial charge >= 0.3 is 0 Å². The van der Waals surface area contributed by atoms with E-state index in [9.17, 15) is 4.39 Å². The summed E-state index contributed by atoms with van der Waals surface area (Å²) in [6, 6.07) is 1.05. The van der Waals surface area contributed by atoms with E-state index in [1.807, 2.05) is 6.07 Å². The molecule has 0 radical (unpaired) electrons. The molecule has 0 bridgehead atoms. The van der Waals surface area contributed by atoms with E-state index in [1.54, 1.807) is 0 Å². The zero-order valence-corrected chi connectivity index (χ0v) is 11.2. The molecule has 1 aromatic heterocycles. The van der Waals surface area contributed by atoms with Gasteiger partial charge in [0.05, 0.1) is 4.90 Å². The second-order valence-corrected chi connectivity index (χ2v) is 9.42. The van der Waals surface area contributed by atoms with Gasteiger partial charge in [-0.2, -0.15) is 5.26 Å². The molecule has 0 aliphatic heterocycles. The smallest absolute Gasteiger partial charge is 0.148 e. The summed E-state index contributed by atoms with van der Waals surface area (Å²) in [7, 11) is 9.31. The van der Waals surface area contributed by atoms with E-state index in [-0.39, 0.29) is 16.6 Å². The summed E-state index contributed by atoms with van der Waals surface area (Å²) in [6.07, 6.45) is 1.98. The largest absolute Gasteiger partial charge is 0.347 e. The Morgan fingerprint density at radius 2 is 2.12 bits per heavy atom. The van der Waals surface area contributed by atoms with Crippen LogP contribution in [0.25, 0.3) is 0 Å². The van der Waals surface area contributed by atoms with Crippen LogP contribution in [0.2, 0.25) is 5.15 Å². The van der Waals surface area contributed by atoms with Crippen molar-refractivity contribution in [2.45, 2.75) is 23.7 Å². The topological polar surface area (TPSA) is 39.6 Å². The first-order valence-electron chi connectivity index (χ1n) is 4.59. The van der Waals surface area contributed by atoms with E-state index in [2.05, 4.69) is 4.98 Å². The third kappa shape index (κ3) is 2.02. The lowest BCUT2D eigenvalue weighted by Crippen LogP contribution is -1.93. The first-order chi connectivity index (χ1) is 7.51. The molecule has 0 saturated heterocycles. The Kier molecular flexibility index (Phi) is 3.33. The van der Waals surface area contributed by atoms with Crippen LogP contribution in [0.5, 0.6) is 0 Å². The molecule has 2 rings (SSSR count). The summed E-state index contributed by atoms with van der Waals surface area (Å²) < 4.78 is 12.9. The summed E-state index contributed by atoms with van der Waals surface area (Å²) in [6.45, 7) is 0. The van der Waals surface area contributed by atoms with Crippen molar-refractivity contribution in [1.29, 1.82) is 5.26 Å². The molecular formula is C9H8Cl3FN2S. The number of halogens is 4. The standard InChI is InChI=1S/C9H8Cl3FN2S/c10-9-6(3-14)8(16(11,12)4-13)7(15-9)5-1-2-5/h5,15H,1-2,4H2. The second kappa shape index (κ2) is 4.30. The van der Waals surface area contributed by atoms with Crippen LogP contribution in [-0.4, -0.2) is 11.0 Å². The van der Waals surface area contributed by atoms with Gasteiger partial charge in [-0.15, -0.1) is 0 Å². The number of hydrogen-bond donors (Lipinski definition) is 1. The molecule has 1 aromatic rings. The highest BCUT2D eigenvalue weighted by Crippen LogP contribution is 2.69. The van der Waals surface area contributed by atoms with Crippen molar-refractivity contribution >= 4 is 41.4 Å². The van der Waals surface area contributed by atoms with Crippen LogP contribution in [0.4, 0.5) is 4.39 Å². The number of aromatic amines is 1. The highest BCUT2D eigenvalue weighted by atomic mass is 36.0. The third-order valence-corrected chi connectivity index (χ3v) is 5.47. The van der Waals surface area contributed by atoms with Crippen LogP contribution in [-0.2, 0) is 0 Å². The summed E-state index contributed by atoms with van der Waals surface area (Å²) in [5.74, 6) is 0.283. The lowest BCUT2D eigenvalue weighted by atomic mass is 10.2. The maximum absolute atomic E-state index is 12.9. The summed E-state index contributed by atoms with van der Waals surface area (Å²) >= 11 is 5.88. The van der Waals surface area contributed by atoms with Gasteiger partial charge in [0.15, 0.2) is 0 Å². The molecule has 0 spiro atoms. The zero-order valence-electron chi connectivity index (χ0n) is 8.07. The normalized spacial score (nSPS) is 17.2. The van der Waals surface area contributed by atoms with Gasteiger partial charge in [-0.1, -0.05) is 11.6 Å².